The molecule has 2 N–H and O–H groups in total. The molecule has 0 bridgehead atoms. The number of aryl methyl sites for hydroxylation is 1. The quantitative estimate of drug-likeness (QED) is 0.815. The first-order chi connectivity index (χ1) is 7.11. The molecule has 0 amide bonds. The van der Waals surface area contributed by atoms with Gasteiger partial charge < -0.3 is 9.52 Å². The summed E-state index contributed by atoms with van der Waals surface area (Å²) < 4.78 is 5.04. The highest BCUT2D eigenvalue weighted by Gasteiger charge is 2.23. The van der Waals surface area contributed by atoms with E-state index in [2.05, 4.69) is 15.2 Å². The number of rotatable bonds is 2. The highest BCUT2D eigenvalue weighted by atomic mass is 35.5. The third-order valence-electron chi connectivity index (χ3n) is 1.90. The first-order valence-corrected chi connectivity index (χ1v) is 4.36. The van der Waals surface area contributed by atoms with Gasteiger partial charge in [0.2, 0.25) is 0 Å². The average molecular weight is 228 g/mol. The summed E-state index contributed by atoms with van der Waals surface area (Å²) in [4.78, 5) is 14.7. The number of oxazole rings is 1. The molecule has 7 heteroatoms. The summed E-state index contributed by atoms with van der Waals surface area (Å²) in [6.45, 7) is 1.69. The lowest BCUT2D eigenvalue weighted by atomic mass is 10.2. The van der Waals surface area contributed by atoms with Crippen LogP contribution in [0.25, 0.3) is 11.5 Å². The van der Waals surface area contributed by atoms with Gasteiger partial charge in [0.25, 0.3) is 0 Å². The number of carboxylic acid groups (broad SMARTS) is 1. The van der Waals surface area contributed by atoms with Gasteiger partial charge in [0, 0.05) is 0 Å². The Kier molecular flexibility index (Phi) is 2.20. The molecule has 0 unspecified atom stereocenters. The Hall–Kier alpha value is -1.82. The van der Waals surface area contributed by atoms with E-state index in [0.29, 0.717) is 11.5 Å². The number of nitrogens with one attached hydrogen (secondary N) is 1. The van der Waals surface area contributed by atoms with Crippen LogP contribution in [0, 0.1) is 6.92 Å². The summed E-state index contributed by atoms with van der Waals surface area (Å²) in [7, 11) is 0. The summed E-state index contributed by atoms with van der Waals surface area (Å²) in [6.07, 6.45) is 1.22. The fourth-order valence-corrected chi connectivity index (χ4v) is 1.42. The van der Waals surface area contributed by atoms with E-state index >= 15 is 0 Å². The number of hydrogen-bond acceptors (Lipinski definition) is 4. The predicted molar refractivity (Wildman–Crippen MR) is 50.8 cm³/mol. The maximum Gasteiger partial charge on any atom is 0.341 e. The van der Waals surface area contributed by atoms with Crippen molar-refractivity contribution in [2.45, 2.75) is 6.92 Å². The second kappa shape index (κ2) is 3.39. The van der Waals surface area contributed by atoms with E-state index in [4.69, 9.17) is 21.1 Å². The van der Waals surface area contributed by atoms with Crippen LogP contribution in [0.1, 0.15) is 16.1 Å². The monoisotopic (exact) mass is 227 g/mol. The number of hydrogen-bond donors (Lipinski definition) is 2. The van der Waals surface area contributed by atoms with Gasteiger partial charge in [0.05, 0.1) is 5.69 Å². The van der Waals surface area contributed by atoms with Crippen LogP contribution in [0.3, 0.4) is 0 Å². The Morgan fingerprint density at radius 1 is 1.67 bits per heavy atom. The molecule has 0 saturated carbocycles. The van der Waals surface area contributed by atoms with Crippen LogP contribution >= 0.6 is 11.6 Å². The summed E-state index contributed by atoms with van der Waals surface area (Å²) in [5.74, 6) is -0.866. The molecule has 2 rings (SSSR count). The van der Waals surface area contributed by atoms with Gasteiger partial charge in [-0.3, -0.25) is 5.10 Å². The van der Waals surface area contributed by atoms with Crippen LogP contribution in [-0.2, 0) is 0 Å². The van der Waals surface area contributed by atoms with Gasteiger partial charge in [-0.05, 0) is 6.92 Å². The van der Waals surface area contributed by atoms with Crippen molar-refractivity contribution >= 4 is 17.6 Å². The minimum Gasteiger partial charge on any atom is -0.477 e. The minimum absolute atomic E-state index is 0.0340. The van der Waals surface area contributed by atoms with Crippen molar-refractivity contribution in [3.8, 4) is 11.5 Å². The van der Waals surface area contributed by atoms with Gasteiger partial charge in [-0.25, -0.2) is 9.78 Å². The minimum atomic E-state index is -1.17. The third kappa shape index (κ3) is 1.48. The highest BCUT2D eigenvalue weighted by molar-refractivity contribution is 6.33. The fourth-order valence-electron chi connectivity index (χ4n) is 1.21. The standard InChI is InChI=1S/C8H6ClN3O3/c1-3-6(15-2-10-3)5-4(8(13)14)7(9)12-11-5/h2H,1H3,(H,11,12)(H,13,14). The lowest BCUT2D eigenvalue weighted by Crippen LogP contribution is -1.98. The van der Waals surface area contributed by atoms with Gasteiger partial charge in [0.1, 0.15) is 16.4 Å². The number of nitrogens with zero attached hydrogens (tertiary/aromatic N) is 2. The van der Waals surface area contributed by atoms with Crippen LogP contribution in [0.4, 0.5) is 0 Å². The Morgan fingerprint density at radius 3 is 2.93 bits per heavy atom. The van der Waals surface area contributed by atoms with Crippen molar-refractivity contribution in [3.63, 3.8) is 0 Å². The van der Waals surface area contributed by atoms with Gasteiger partial charge in [-0.15, -0.1) is 0 Å². The normalized spacial score (nSPS) is 10.5. The van der Waals surface area contributed by atoms with Crippen LogP contribution in [-0.4, -0.2) is 26.3 Å². The van der Waals surface area contributed by atoms with Crippen molar-refractivity contribution in [2.75, 3.05) is 0 Å². The molecular formula is C8H6ClN3O3. The first kappa shape index (κ1) is 9.72. The van der Waals surface area contributed by atoms with E-state index in [-0.39, 0.29) is 16.4 Å². The largest absolute Gasteiger partial charge is 0.477 e. The summed E-state index contributed by atoms with van der Waals surface area (Å²) in [6, 6.07) is 0. The number of aromatic amines is 1. The van der Waals surface area contributed by atoms with Crippen LogP contribution in [0.5, 0.6) is 0 Å². The van der Waals surface area contributed by atoms with E-state index < -0.39 is 5.97 Å². The molecule has 0 aliphatic rings. The summed E-state index contributed by atoms with van der Waals surface area (Å²) >= 11 is 5.65. The van der Waals surface area contributed by atoms with E-state index in [1.807, 2.05) is 0 Å². The Morgan fingerprint density at radius 2 is 2.40 bits per heavy atom. The molecule has 0 saturated heterocycles. The average Bonchev–Trinajstić information content (AvgIpc) is 2.71. The van der Waals surface area contributed by atoms with E-state index in [9.17, 15) is 4.79 Å². The highest BCUT2D eigenvalue weighted by Crippen LogP contribution is 2.28. The predicted octanol–water partition coefficient (Wildman–Crippen LogP) is 1.72. The summed E-state index contributed by atoms with van der Waals surface area (Å²) in [5, 5.41) is 15.0. The zero-order valence-electron chi connectivity index (χ0n) is 7.61. The molecule has 6 nitrogen and oxygen atoms in total. The second-order valence-electron chi connectivity index (χ2n) is 2.83. The molecule has 0 aromatic carbocycles. The van der Waals surface area contributed by atoms with Crippen LogP contribution in [0.15, 0.2) is 10.8 Å². The molecular weight excluding hydrogens is 222 g/mol. The fraction of sp³-hybridized carbons (Fsp3) is 0.125. The van der Waals surface area contributed by atoms with Crippen molar-refractivity contribution in [1.29, 1.82) is 0 Å². The smallest absolute Gasteiger partial charge is 0.341 e. The topological polar surface area (TPSA) is 92.0 Å². The molecule has 2 aromatic rings. The molecule has 0 atom stereocenters. The Bertz CT molecular complexity index is 517. The Balaban J connectivity index is 2.64. The van der Waals surface area contributed by atoms with Crippen LogP contribution in [0.2, 0.25) is 5.15 Å². The lowest BCUT2D eigenvalue weighted by molar-refractivity contribution is 0.0698. The SMILES string of the molecule is Cc1ncoc1-c1n[nH]c(Cl)c1C(=O)O. The number of carbonyl (C=O) groups is 1. The van der Waals surface area contributed by atoms with Crippen molar-refractivity contribution < 1.29 is 14.3 Å². The number of H-pyrrole nitrogens is 1. The van der Waals surface area contributed by atoms with Crippen molar-refractivity contribution in [2.24, 2.45) is 0 Å². The zero-order valence-corrected chi connectivity index (χ0v) is 8.37. The molecule has 0 aliphatic heterocycles. The number of aromatic carboxylic acids is 1. The second-order valence-corrected chi connectivity index (χ2v) is 3.21. The molecule has 0 spiro atoms. The van der Waals surface area contributed by atoms with Crippen molar-refractivity contribution in [3.05, 3.63) is 22.8 Å². The molecule has 0 aliphatic carbocycles. The van der Waals surface area contributed by atoms with Gasteiger partial charge in [-0.1, -0.05) is 11.6 Å². The summed E-state index contributed by atoms with van der Waals surface area (Å²) in [5.41, 5.74) is 0.597. The number of aromatic nitrogens is 3. The molecule has 2 aromatic heterocycles. The number of carboxylic acids is 1. The van der Waals surface area contributed by atoms with E-state index in [0.717, 1.165) is 0 Å². The first-order valence-electron chi connectivity index (χ1n) is 3.99. The lowest BCUT2D eigenvalue weighted by Gasteiger charge is -1.94. The number of halogens is 1. The van der Waals surface area contributed by atoms with Gasteiger partial charge in [0.15, 0.2) is 12.2 Å². The van der Waals surface area contributed by atoms with E-state index in [1.54, 1.807) is 6.92 Å². The zero-order chi connectivity index (χ0) is 11.0. The Labute approximate surface area is 88.9 Å². The van der Waals surface area contributed by atoms with Gasteiger partial charge >= 0.3 is 5.97 Å². The van der Waals surface area contributed by atoms with Crippen molar-refractivity contribution in [1.82, 2.24) is 15.2 Å². The third-order valence-corrected chi connectivity index (χ3v) is 2.17. The maximum atomic E-state index is 10.9. The molecule has 2 heterocycles. The maximum absolute atomic E-state index is 10.9. The molecule has 0 radical (unpaired) electrons. The molecule has 0 fully saturated rings. The van der Waals surface area contributed by atoms with Gasteiger partial charge in [-0.2, -0.15) is 5.10 Å². The van der Waals surface area contributed by atoms with Crippen LogP contribution < -0.4 is 0 Å². The molecule has 78 valence electrons. The van der Waals surface area contributed by atoms with E-state index in [1.165, 1.54) is 6.39 Å². The molecule has 15 heavy (non-hydrogen) atoms.